The molecule has 0 radical (unpaired) electrons. The van der Waals surface area contributed by atoms with Crippen molar-refractivity contribution in [3.8, 4) is 0 Å². The summed E-state index contributed by atoms with van der Waals surface area (Å²) < 4.78 is 23.4. The van der Waals surface area contributed by atoms with E-state index in [4.69, 9.17) is 9.47 Å². The summed E-state index contributed by atoms with van der Waals surface area (Å²) in [6.07, 6.45) is 3.32. The second-order valence-corrected chi connectivity index (χ2v) is 11.2. The van der Waals surface area contributed by atoms with E-state index in [1.165, 1.54) is 5.56 Å². The van der Waals surface area contributed by atoms with E-state index >= 15 is 0 Å². The second kappa shape index (κ2) is 11.9. The average Bonchev–Trinajstić information content (AvgIpc) is 3.57. The molecule has 6 heteroatoms. The highest BCUT2D eigenvalue weighted by molar-refractivity contribution is 6.07. The second-order valence-electron chi connectivity index (χ2n) is 11.2. The van der Waals surface area contributed by atoms with Crippen LogP contribution >= 0.6 is 0 Å². The molecular weight excluding hydrogens is 479 g/mol. The van der Waals surface area contributed by atoms with Gasteiger partial charge in [-0.3, -0.25) is 4.79 Å². The Balaban J connectivity index is 0.000000366. The van der Waals surface area contributed by atoms with Gasteiger partial charge in [-0.15, -0.1) is 0 Å². The minimum Gasteiger partial charge on any atom is -0.348 e. The molecule has 3 aliphatic rings. The molecule has 1 amide bonds. The topological polar surface area (TPSA) is 42.0 Å². The lowest BCUT2D eigenvalue weighted by Crippen LogP contribution is -2.37. The Morgan fingerprint density at radius 3 is 2.26 bits per heavy atom. The van der Waals surface area contributed by atoms with Crippen LogP contribution in [0.25, 0.3) is 10.8 Å². The zero-order chi connectivity index (χ0) is 26.5. The molecule has 3 saturated heterocycles. The maximum absolute atomic E-state index is 13.2. The molecule has 3 aromatic rings. The van der Waals surface area contributed by atoms with E-state index in [2.05, 4.69) is 17.0 Å². The van der Waals surface area contributed by atoms with Crippen molar-refractivity contribution >= 4 is 16.7 Å². The lowest BCUT2D eigenvalue weighted by molar-refractivity contribution is -0.125. The van der Waals surface area contributed by atoms with Gasteiger partial charge in [0.2, 0.25) is 0 Å². The molecule has 3 aromatic carbocycles. The van der Waals surface area contributed by atoms with Gasteiger partial charge in [0.15, 0.2) is 5.79 Å². The molecule has 0 saturated carbocycles. The van der Waals surface area contributed by atoms with E-state index in [0.29, 0.717) is 11.8 Å². The van der Waals surface area contributed by atoms with Crippen molar-refractivity contribution in [1.29, 1.82) is 0 Å². The van der Waals surface area contributed by atoms with Crippen LogP contribution in [0, 0.1) is 11.7 Å². The summed E-state index contributed by atoms with van der Waals surface area (Å²) in [4.78, 5) is 17.8. The smallest absolute Gasteiger partial charge is 0.254 e. The fraction of sp³-hybridized carbons (Fsp3) is 0.469. The van der Waals surface area contributed by atoms with Gasteiger partial charge in [0, 0.05) is 25.2 Å². The zero-order valence-corrected chi connectivity index (χ0v) is 22.6. The molecule has 1 atom stereocenters. The third-order valence-corrected chi connectivity index (χ3v) is 8.02. The number of rotatable bonds is 4. The Hall–Kier alpha value is -2.80. The maximum Gasteiger partial charge on any atom is 0.254 e. The van der Waals surface area contributed by atoms with Crippen molar-refractivity contribution in [2.45, 2.75) is 44.8 Å². The number of fused-ring (bicyclic) bond motifs is 1. The van der Waals surface area contributed by atoms with Gasteiger partial charge < -0.3 is 19.3 Å². The first-order valence-corrected chi connectivity index (χ1v) is 13.9. The fourth-order valence-electron chi connectivity index (χ4n) is 5.91. The first kappa shape index (κ1) is 26.8. The Bertz CT molecular complexity index is 1210. The first-order valence-electron chi connectivity index (χ1n) is 13.9. The van der Waals surface area contributed by atoms with E-state index < -0.39 is 0 Å². The predicted octanol–water partition coefficient (Wildman–Crippen LogP) is 6.09. The van der Waals surface area contributed by atoms with Crippen molar-refractivity contribution in [2.75, 3.05) is 45.9 Å². The molecule has 0 aromatic heterocycles. The third kappa shape index (κ3) is 6.60. The van der Waals surface area contributed by atoms with Crippen LogP contribution in [-0.2, 0) is 9.47 Å². The highest BCUT2D eigenvalue weighted by Gasteiger charge is 2.30. The minimum absolute atomic E-state index is 0.161. The number of carbonyl (C=O) groups is 1. The number of amides is 1. The molecule has 3 heterocycles. The molecule has 38 heavy (non-hydrogen) atoms. The van der Waals surface area contributed by atoms with Crippen LogP contribution in [0.15, 0.2) is 66.7 Å². The Morgan fingerprint density at radius 2 is 1.58 bits per heavy atom. The number of likely N-dealkylation sites (tertiary alicyclic amines) is 2. The van der Waals surface area contributed by atoms with Crippen molar-refractivity contribution in [2.24, 2.45) is 5.92 Å². The quantitative estimate of drug-likeness (QED) is 0.419. The summed E-state index contributed by atoms with van der Waals surface area (Å²) in [5.74, 6) is 0.769. The van der Waals surface area contributed by atoms with Crippen LogP contribution < -0.4 is 0 Å². The van der Waals surface area contributed by atoms with Gasteiger partial charge in [0.1, 0.15) is 5.82 Å². The number of ether oxygens (including phenoxy) is 2. The fourth-order valence-corrected chi connectivity index (χ4v) is 5.91. The number of hydrogen-bond donors (Lipinski definition) is 0. The summed E-state index contributed by atoms with van der Waals surface area (Å²) in [7, 11) is 0. The Labute approximate surface area is 225 Å². The Morgan fingerprint density at radius 1 is 0.895 bits per heavy atom. The summed E-state index contributed by atoms with van der Waals surface area (Å²) in [5, 5.41) is 2.16. The van der Waals surface area contributed by atoms with Crippen LogP contribution in [0.3, 0.4) is 0 Å². The number of carbonyl (C=O) groups excluding carboxylic acids is 1. The van der Waals surface area contributed by atoms with Gasteiger partial charge in [0.05, 0.1) is 13.2 Å². The summed E-state index contributed by atoms with van der Waals surface area (Å²) in [6, 6.07) is 21.1. The van der Waals surface area contributed by atoms with Gasteiger partial charge in [0.25, 0.3) is 5.91 Å². The zero-order valence-electron chi connectivity index (χ0n) is 22.6. The number of halogens is 1. The molecule has 0 aliphatic carbocycles. The molecule has 5 nitrogen and oxygen atoms in total. The first-order chi connectivity index (χ1) is 18.4. The summed E-state index contributed by atoms with van der Waals surface area (Å²) >= 11 is 0. The van der Waals surface area contributed by atoms with Crippen LogP contribution in [0.4, 0.5) is 4.39 Å². The number of hydrogen-bond acceptors (Lipinski definition) is 4. The van der Waals surface area contributed by atoms with E-state index in [-0.39, 0.29) is 17.5 Å². The largest absolute Gasteiger partial charge is 0.348 e. The molecular formula is C32H39FN2O3. The van der Waals surface area contributed by atoms with E-state index in [1.54, 1.807) is 12.1 Å². The Kier molecular flexibility index (Phi) is 8.42. The van der Waals surface area contributed by atoms with Crippen LogP contribution in [0.1, 0.15) is 54.9 Å². The van der Waals surface area contributed by atoms with Crippen LogP contribution in [-0.4, -0.2) is 67.4 Å². The normalized spacial score (nSPS) is 21.9. The average molecular weight is 519 g/mol. The molecule has 3 aliphatic heterocycles. The molecule has 0 spiro atoms. The third-order valence-electron chi connectivity index (χ3n) is 8.02. The molecule has 0 bridgehead atoms. The number of nitrogens with zero attached hydrogens (tertiary/aromatic N) is 2. The minimum atomic E-state index is -0.306. The molecule has 3 fully saturated rings. The SMILES string of the molecule is CC1(C)OCCO1.O=C(c1cccc2ccccc12)N1CC[C@H](CN2CCC(c3ccc(F)cc3)CC2)C1. The predicted molar refractivity (Wildman–Crippen MR) is 149 cm³/mol. The monoisotopic (exact) mass is 518 g/mol. The highest BCUT2D eigenvalue weighted by atomic mass is 19.1. The molecule has 6 rings (SSSR count). The number of benzene rings is 3. The summed E-state index contributed by atoms with van der Waals surface area (Å²) in [6.45, 7) is 10.2. The van der Waals surface area contributed by atoms with E-state index in [1.807, 2.05) is 61.2 Å². The lowest BCUT2D eigenvalue weighted by Gasteiger charge is -2.33. The maximum atomic E-state index is 13.2. The van der Waals surface area contributed by atoms with Crippen LogP contribution in [0.2, 0.25) is 0 Å². The summed E-state index contributed by atoms with van der Waals surface area (Å²) in [5.41, 5.74) is 2.08. The standard InChI is InChI=1S/C27H29FN2O.C5H10O2/c28-24-10-8-21(9-11-24)22-13-15-29(16-14-22)18-20-12-17-30(19-20)27(31)26-7-3-5-23-4-1-2-6-25(23)26;1-5(2)6-3-4-7-5/h1-11,20,22H,12-19H2;3-4H2,1-2H3/t20-;/m1./s1. The van der Waals surface area contributed by atoms with Gasteiger partial charge >= 0.3 is 0 Å². The van der Waals surface area contributed by atoms with Gasteiger partial charge in [-0.05, 0) is 92.6 Å². The van der Waals surface area contributed by atoms with Crippen LogP contribution in [0.5, 0.6) is 0 Å². The lowest BCUT2D eigenvalue weighted by atomic mass is 9.89. The van der Waals surface area contributed by atoms with Crippen molar-refractivity contribution in [3.63, 3.8) is 0 Å². The van der Waals surface area contributed by atoms with Crippen molar-refractivity contribution < 1.29 is 18.7 Å². The van der Waals surface area contributed by atoms with Gasteiger partial charge in [-0.2, -0.15) is 0 Å². The highest BCUT2D eigenvalue weighted by Crippen LogP contribution is 2.30. The van der Waals surface area contributed by atoms with E-state index in [9.17, 15) is 9.18 Å². The van der Waals surface area contributed by atoms with Crippen molar-refractivity contribution in [1.82, 2.24) is 9.80 Å². The van der Waals surface area contributed by atoms with Gasteiger partial charge in [-0.1, -0.05) is 48.5 Å². The van der Waals surface area contributed by atoms with E-state index in [0.717, 1.165) is 81.5 Å². The molecule has 202 valence electrons. The van der Waals surface area contributed by atoms with Gasteiger partial charge in [-0.25, -0.2) is 4.39 Å². The number of piperidine rings is 1. The molecule has 0 N–H and O–H groups in total. The molecule has 0 unspecified atom stereocenters. The van der Waals surface area contributed by atoms with Crippen molar-refractivity contribution in [3.05, 3.63) is 83.7 Å².